The van der Waals surface area contributed by atoms with Gasteiger partial charge in [0.1, 0.15) is 5.75 Å². The van der Waals surface area contributed by atoms with Gasteiger partial charge in [-0.3, -0.25) is 4.79 Å². The van der Waals surface area contributed by atoms with Gasteiger partial charge in [-0.05, 0) is 55.0 Å². The summed E-state index contributed by atoms with van der Waals surface area (Å²) in [5.74, 6) is 0.162. The van der Waals surface area contributed by atoms with Crippen LogP contribution in [0.15, 0.2) is 58.8 Å². The molecule has 2 aromatic carbocycles. The predicted octanol–water partition coefficient (Wildman–Crippen LogP) is 6.74. The summed E-state index contributed by atoms with van der Waals surface area (Å²) in [5.41, 5.74) is 3.07. The molecule has 0 atom stereocenters. The van der Waals surface area contributed by atoms with Gasteiger partial charge in [-0.15, -0.1) is 10.2 Å². The van der Waals surface area contributed by atoms with E-state index >= 15 is 0 Å². The van der Waals surface area contributed by atoms with Crippen molar-refractivity contribution in [2.75, 3.05) is 11.9 Å². The molecule has 3 aromatic rings. The van der Waals surface area contributed by atoms with Gasteiger partial charge in [0.15, 0.2) is 6.29 Å². The number of nitrogens with one attached hydrogen (secondary N) is 1. The summed E-state index contributed by atoms with van der Waals surface area (Å²) in [6.07, 6.45) is 5.70. The number of nitrogens with zero attached hydrogens (tertiary/aromatic N) is 3. The molecule has 1 heterocycles. The molecule has 0 radical (unpaired) electrons. The molecule has 0 bridgehead atoms. The van der Waals surface area contributed by atoms with Gasteiger partial charge in [0.25, 0.3) is 0 Å². The number of aromatic hydroxyl groups is 1. The molecule has 1 aromatic heterocycles. The Bertz CT molecular complexity index is 950. The number of rotatable bonds is 10. The van der Waals surface area contributed by atoms with Crippen LogP contribution >= 0.6 is 11.3 Å². The molecule has 0 unspecified atom stereocenters. The standard InChI is InChI=1S/C22H24N4O2S/c1-2-3-4-5-14-23-17-8-10-18(11-9-17)25-26-22-24-21(20(15-27)29-22)16-6-12-19(28)13-7-16/h6-13,15,23,28H,2-5,14H2,1H3. The predicted molar refractivity (Wildman–Crippen MR) is 118 cm³/mol. The van der Waals surface area contributed by atoms with Crippen molar-refractivity contribution in [2.24, 2.45) is 10.2 Å². The Balaban J connectivity index is 1.64. The molecule has 0 aliphatic carbocycles. The van der Waals surface area contributed by atoms with E-state index in [0.717, 1.165) is 29.8 Å². The Morgan fingerprint density at radius 2 is 1.79 bits per heavy atom. The Morgan fingerprint density at radius 3 is 2.48 bits per heavy atom. The maximum Gasteiger partial charge on any atom is 0.231 e. The lowest BCUT2D eigenvalue weighted by Gasteiger charge is -2.05. The number of azo groups is 1. The third-order valence-corrected chi connectivity index (χ3v) is 5.23. The zero-order chi connectivity index (χ0) is 20.5. The van der Waals surface area contributed by atoms with Gasteiger partial charge in [-0.1, -0.05) is 37.5 Å². The van der Waals surface area contributed by atoms with E-state index in [9.17, 15) is 9.90 Å². The largest absolute Gasteiger partial charge is 0.508 e. The molecule has 150 valence electrons. The van der Waals surface area contributed by atoms with E-state index in [0.29, 0.717) is 15.7 Å². The van der Waals surface area contributed by atoms with E-state index in [2.05, 4.69) is 27.5 Å². The Labute approximate surface area is 174 Å². The normalized spacial score (nSPS) is 11.1. The average molecular weight is 409 g/mol. The minimum Gasteiger partial charge on any atom is -0.508 e. The van der Waals surface area contributed by atoms with Crippen molar-refractivity contribution in [3.05, 3.63) is 53.4 Å². The molecule has 0 saturated carbocycles. The smallest absolute Gasteiger partial charge is 0.231 e. The van der Waals surface area contributed by atoms with E-state index < -0.39 is 0 Å². The van der Waals surface area contributed by atoms with Crippen LogP contribution < -0.4 is 5.32 Å². The van der Waals surface area contributed by atoms with Crippen LogP contribution in [0, 0.1) is 0 Å². The number of aldehydes is 1. The first-order valence-corrected chi connectivity index (χ1v) is 10.5. The number of phenols is 1. The molecule has 0 aliphatic heterocycles. The second kappa shape index (κ2) is 10.5. The molecule has 0 fully saturated rings. The first-order valence-electron chi connectivity index (χ1n) is 9.70. The second-order valence-electron chi connectivity index (χ2n) is 6.61. The van der Waals surface area contributed by atoms with E-state index in [1.54, 1.807) is 24.3 Å². The van der Waals surface area contributed by atoms with Gasteiger partial charge < -0.3 is 10.4 Å². The van der Waals surface area contributed by atoms with E-state index in [1.165, 1.54) is 37.0 Å². The fourth-order valence-electron chi connectivity index (χ4n) is 2.80. The van der Waals surface area contributed by atoms with Crippen LogP contribution in [-0.4, -0.2) is 22.9 Å². The molecule has 2 N–H and O–H groups in total. The highest BCUT2D eigenvalue weighted by Crippen LogP contribution is 2.33. The van der Waals surface area contributed by atoms with Crippen LogP contribution in [0.2, 0.25) is 0 Å². The zero-order valence-corrected chi connectivity index (χ0v) is 17.2. The first kappa shape index (κ1) is 20.7. The van der Waals surface area contributed by atoms with Crippen LogP contribution in [-0.2, 0) is 0 Å². The molecule has 0 aliphatic rings. The molecular formula is C22H24N4O2S. The average Bonchev–Trinajstić information content (AvgIpc) is 3.17. The summed E-state index contributed by atoms with van der Waals surface area (Å²) >= 11 is 1.18. The number of aromatic nitrogens is 1. The molecule has 0 spiro atoms. The van der Waals surface area contributed by atoms with Crippen molar-refractivity contribution in [2.45, 2.75) is 32.6 Å². The number of benzene rings is 2. The minimum atomic E-state index is 0.162. The van der Waals surface area contributed by atoms with Crippen molar-refractivity contribution in [3.63, 3.8) is 0 Å². The number of hydrogen-bond acceptors (Lipinski definition) is 7. The fraction of sp³-hybridized carbons (Fsp3) is 0.273. The molecule has 0 amide bonds. The Morgan fingerprint density at radius 1 is 1.03 bits per heavy atom. The summed E-state index contributed by atoms with van der Waals surface area (Å²) in [6, 6.07) is 14.3. The fourth-order valence-corrected chi connectivity index (χ4v) is 3.52. The monoisotopic (exact) mass is 408 g/mol. The maximum absolute atomic E-state index is 11.4. The number of carbonyl (C=O) groups excluding carboxylic acids is 1. The van der Waals surface area contributed by atoms with Crippen LogP contribution in [0.4, 0.5) is 16.5 Å². The number of phenolic OH excluding ortho intramolecular Hbond substituents is 1. The lowest BCUT2D eigenvalue weighted by molar-refractivity contribution is 0.112. The van der Waals surface area contributed by atoms with E-state index in [-0.39, 0.29) is 5.75 Å². The van der Waals surface area contributed by atoms with E-state index in [1.807, 2.05) is 24.3 Å². The van der Waals surface area contributed by atoms with Crippen LogP contribution in [0.3, 0.4) is 0 Å². The minimum absolute atomic E-state index is 0.162. The van der Waals surface area contributed by atoms with Gasteiger partial charge in [0.05, 0.1) is 16.3 Å². The van der Waals surface area contributed by atoms with Crippen molar-refractivity contribution >= 4 is 34.1 Å². The summed E-state index contributed by atoms with van der Waals surface area (Å²) in [6.45, 7) is 3.18. The summed E-state index contributed by atoms with van der Waals surface area (Å²) in [7, 11) is 0. The molecule has 0 saturated heterocycles. The summed E-state index contributed by atoms with van der Waals surface area (Å²) in [5, 5.41) is 21.6. The zero-order valence-electron chi connectivity index (χ0n) is 16.3. The second-order valence-corrected chi connectivity index (χ2v) is 7.62. The van der Waals surface area contributed by atoms with Crippen LogP contribution in [0.25, 0.3) is 11.3 Å². The quantitative estimate of drug-likeness (QED) is 0.221. The number of anilines is 1. The maximum atomic E-state index is 11.4. The highest BCUT2D eigenvalue weighted by atomic mass is 32.1. The van der Waals surface area contributed by atoms with Gasteiger partial charge >= 0.3 is 0 Å². The Kier molecular flexibility index (Phi) is 7.47. The number of unbranched alkanes of at least 4 members (excludes halogenated alkanes) is 3. The topological polar surface area (TPSA) is 86.9 Å². The molecule has 29 heavy (non-hydrogen) atoms. The van der Waals surface area contributed by atoms with Crippen LogP contribution in [0.1, 0.15) is 42.3 Å². The Hall–Kier alpha value is -3.06. The lowest BCUT2D eigenvalue weighted by Crippen LogP contribution is -2.00. The molecule has 6 nitrogen and oxygen atoms in total. The number of thiazole rings is 1. The summed E-state index contributed by atoms with van der Waals surface area (Å²) < 4.78 is 0. The van der Waals surface area contributed by atoms with Gasteiger partial charge in [-0.25, -0.2) is 4.98 Å². The number of hydrogen-bond donors (Lipinski definition) is 2. The molecular weight excluding hydrogens is 384 g/mol. The van der Waals surface area contributed by atoms with Crippen molar-refractivity contribution in [1.82, 2.24) is 4.98 Å². The number of carbonyl (C=O) groups is 1. The lowest BCUT2D eigenvalue weighted by atomic mass is 10.1. The highest BCUT2D eigenvalue weighted by molar-refractivity contribution is 7.17. The third-order valence-electron chi connectivity index (χ3n) is 4.37. The first-order chi connectivity index (χ1) is 14.2. The molecule has 7 heteroatoms. The van der Waals surface area contributed by atoms with Crippen molar-refractivity contribution in [3.8, 4) is 17.0 Å². The van der Waals surface area contributed by atoms with Gasteiger partial charge in [-0.2, -0.15) is 0 Å². The van der Waals surface area contributed by atoms with Gasteiger partial charge in [0, 0.05) is 17.8 Å². The van der Waals surface area contributed by atoms with Crippen molar-refractivity contribution in [1.29, 1.82) is 0 Å². The van der Waals surface area contributed by atoms with Gasteiger partial charge in [0.2, 0.25) is 5.13 Å². The summed E-state index contributed by atoms with van der Waals surface area (Å²) in [4.78, 5) is 16.3. The molecule has 3 rings (SSSR count). The SMILES string of the molecule is CCCCCCNc1ccc(N=Nc2nc(-c3ccc(O)cc3)c(C=O)s2)cc1. The van der Waals surface area contributed by atoms with Crippen LogP contribution in [0.5, 0.6) is 5.75 Å². The van der Waals surface area contributed by atoms with Crippen molar-refractivity contribution < 1.29 is 9.90 Å². The third kappa shape index (κ3) is 5.96. The van der Waals surface area contributed by atoms with E-state index in [4.69, 9.17) is 0 Å². The highest BCUT2D eigenvalue weighted by Gasteiger charge is 2.12.